The van der Waals surface area contributed by atoms with E-state index in [9.17, 15) is 13.5 Å². The molecule has 2 aromatic carbocycles. The molecule has 0 saturated carbocycles. The van der Waals surface area contributed by atoms with E-state index in [2.05, 4.69) is 0 Å². The minimum atomic E-state index is -1.57. The first-order chi connectivity index (χ1) is 11.3. The number of aliphatic hydroxyl groups is 1. The zero-order chi connectivity index (χ0) is 17.9. The fourth-order valence-electron chi connectivity index (χ4n) is 2.26. The van der Waals surface area contributed by atoms with Crippen LogP contribution in [0.2, 0.25) is 0 Å². The molecule has 3 atom stereocenters. The second-order valence-corrected chi connectivity index (χ2v) is 9.77. The molecule has 2 aromatic rings. The molecular weight excluding hydrogens is 340 g/mol. The van der Waals surface area contributed by atoms with Crippen LogP contribution >= 0.6 is 0 Å². The van der Waals surface area contributed by atoms with Crippen LogP contribution in [0.4, 0.5) is 0 Å². The highest BCUT2D eigenvalue weighted by Gasteiger charge is 2.34. The fraction of sp³-hybridized carbons (Fsp3) is 0.368. The molecule has 0 bridgehead atoms. The minimum Gasteiger partial charge on any atom is -0.391 e. The number of rotatable bonds is 6. The topological polar surface area (TPSA) is 54.4 Å². The molecule has 0 spiro atoms. The number of aryl methyl sites for hydroxylation is 2. The van der Waals surface area contributed by atoms with Crippen molar-refractivity contribution in [2.45, 2.75) is 48.2 Å². The Morgan fingerprint density at radius 3 is 1.38 bits per heavy atom. The molecule has 3 nitrogen and oxygen atoms in total. The summed E-state index contributed by atoms with van der Waals surface area (Å²) in [6, 6.07) is 14.6. The normalized spacial score (nSPS) is 16.6. The van der Waals surface area contributed by atoms with Gasteiger partial charge in [-0.2, -0.15) is 0 Å². The van der Waals surface area contributed by atoms with Gasteiger partial charge in [0.05, 0.1) is 27.7 Å². The van der Waals surface area contributed by atoms with Crippen LogP contribution in [0.5, 0.6) is 0 Å². The second kappa shape index (κ2) is 8.19. The van der Waals surface area contributed by atoms with Crippen LogP contribution in [-0.2, 0) is 21.6 Å². The van der Waals surface area contributed by atoms with Gasteiger partial charge in [0, 0.05) is 9.79 Å². The number of hydrogen-bond donors (Lipinski definition) is 1. The van der Waals surface area contributed by atoms with Crippen molar-refractivity contribution >= 4 is 21.6 Å². The summed E-state index contributed by atoms with van der Waals surface area (Å²) >= 11 is 0. The highest BCUT2D eigenvalue weighted by Crippen LogP contribution is 2.25. The molecule has 0 fully saturated rings. The highest BCUT2D eigenvalue weighted by molar-refractivity contribution is 8.03. The molecule has 0 radical (unpaired) electrons. The molecule has 5 heteroatoms. The molecule has 2 unspecified atom stereocenters. The first kappa shape index (κ1) is 19.0. The standard InChI is InChI=1S/C19H24O3S2/c1-13(2)18(20)19(23(21)16-9-5-14(3)6-10-16)24(22)17-11-7-15(4)8-12-17/h5-13,18-20H,1-4H3/t18-,19?,23?,24?/m1/s1. The summed E-state index contributed by atoms with van der Waals surface area (Å²) in [5.74, 6) is -0.140. The van der Waals surface area contributed by atoms with Gasteiger partial charge in [-0.3, -0.25) is 8.42 Å². The second-order valence-electron chi connectivity index (χ2n) is 6.32. The lowest BCUT2D eigenvalue weighted by atomic mass is 10.1. The predicted octanol–water partition coefficient (Wildman–Crippen LogP) is 3.56. The summed E-state index contributed by atoms with van der Waals surface area (Å²) in [5, 5.41) is 10.6. The Morgan fingerprint density at radius 1 is 0.750 bits per heavy atom. The zero-order valence-corrected chi connectivity index (χ0v) is 16.1. The molecule has 0 saturated heterocycles. The Kier molecular flexibility index (Phi) is 6.49. The van der Waals surface area contributed by atoms with E-state index >= 15 is 0 Å². The number of aliphatic hydroxyl groups excluding tert-OH is 1. The van der Waals surface area contributed by atoms with Crippen LogP contribution in [0.25, 0.3) is 0 Å². The van der Waals surface area contributed by atoms with E-state index in [-0.39, 0.29) is 5.92 Å². The van der Waals surface area contributed by atoms with Crippen molar-refractivity contribution in [3.05, 3.63) is 59.7 Å². The molecule has 2 rings (SSSR count). The van der Waals surface area contributed by atoms with E-state index in [0.717, 1.165) is 11.1 Å². The third-order valence-corrected chi connectivity index (χ3v) is 7.81. The Labute approximate surface area is 149 Å². The van der Waals surface area contributed by atoms with Crippen LogP contribution < -0.4 is 0 Å². The van der Waals surface area contributed by atoms with Gasteiger partial charge in [-0.05, 0) is 44.0 Å². The lowest BCUT2D eigenvalue weighted by molar-refractivity contribution is 0.139. The third-order valence-electron chi connectivity index (χ3n) is 3.89. The Bertz CT molecular complexity index is 664. The number of benzene rings is 2. The summed E-state index contributed by atoms with van der Waals surface area (Å²) in [6.07, 6.45) is -0.922. The van der Waals surface area contributed by atoms with E-state index in [0.29, 0.717) is 9.79 Å². The minimum absolute atomic E-state index is 0.140. The Hall–Kier alpha value is -1.30. The molecular formula is C19H24O3S2. The van der Waals surface area contributed by atoms with Gasteiger partial charge in [-0.25, -0.2) is 0 Å². The Balaban J connectivity index is 2.40. The van der Waals surface area contributed by atoms with Gasteiger partial charge in [-0.1, -0.05) is 49.2 Å². The third kappa shape index (κ3) is 4.41. The van der Waals surface area contributed by atoms with Gasteiger partial charge in [0.2, 0.25) is 0 Å². The van der Waals surface area contributed by atoms with Crippen LogP contribution in [-0.4, -0.2) is 24.2 Å². The molecule has 24 heavy (non-hydrogen) atoms. The fourth-order valence-corrected chi connectivity index (χ4v) is 6.04. The van der Waals surface area contributed by atoms with Crippen molar-refractivity contribution in [3.63, 3.8) is 0 Å². The van der Waals surface area contributed by atoms with Gasteiger partial charge in [0.15, 0.2) is 0 Å². The van der Waals surface area contributed by atoms with Crippen molar-refractivity contribution < 1.29 is 13.5 Å². The van der Waals surface area contributed by atoms with Crippen molar-refractivity contribution in [2.75, 3.05) is 0 Å². The largest absolute Gasteiger partial charge is 0.391 e. The van der Waals surface area contributed by atoms with E-state index in [1.807, 2.05) is 52.0 Å². The van der Waals surface area contributed by atoms with Gasteiger partial charge >= 0.3 is 0 Å². The van der Waals surface area contributed by atoms with Crippen molar-refractivity contribution in [2.24, 2.45) is 5.92 Å². The van der Waals surface area contributed by atoms with Gasteiger partial charge in [0.25, 0.3) is 0 Å². The van der Waals surface area contributed by atoms with Crippen LogP contribution in [0.15, 0.2) is 58.3 Å². The summed E-state index contributed by atoms with van der Waals surface area (Å²) in [7, 11) is -3.13. The molecule has 0 heterocycles. The first-order valence-electron chi connectivity index (χ1n) is 7.94. The molecule has 0 aliphatic heterocycles. The summed E-state index contributed by atoms with van der Waals surface area (Å²) < 4.78 is 25.2. The molecule has 0 aliphatic carbocycles. The van der Waals surface area contributed by atoms with Crippen LogP contribution in [0, 0.1) is 19.8 Å². The average Bonchev–Trinajstić information content (AvgIpc) is 2.55. The summed E-state index contributed by atoms with van der Waals surface area (Å²) in [5.41, 5.74) is 2.13. The maximum absolute atomic E-state index is 13.0. The van der Waals surface area contributed by atoms with E-state index < -0.39 is 32.3 Å². The van der Waals surface area contributed by atoms with Gasteiger partial charge in [0.1, 0.15) is 4.58 Å². The highest BCUT2D eigenvalue weighted by atomic mass is 32.2. The lowest BCUT2D eigenvalue weighted by Crippen LogP contribution is -2.38. The maximum atomic E-state index is 13.0. The molecule has 0 aromatic heterocycles. The predicted molar refractivity (Wildman–Crippen MR) is 99.8 cm³/mol. The van der Waals surface area contributed by atoms with Crippen molar-refractivity contribution in [1.82, 2.24) is 0 Å². The van der Waals surface area contributed by atoms with Crippen LogP contribution in [0.1, 0.15) is 25.0 Å². The van der Waals surface area contributed by atoms with Gasteiger partial charge < -0.3 is 5.11 Å². The maximum Gasteiger partial charge on any atom is 0.145 e. The monoisotopic (exact) mass is 364 g/mol. The molecule has 1 N–H and O–H groups in total. The van der Waals surface area contributed by atoms with Crippen LogP contribution in [0.3, 0.4) is 0 Å². The lowest BCUT2D eigenvalue weighted by Gasteiger charge is -2.25. The van der Waals surface area contributed by atoms with Crippen molar-refractivity contribution in [1.29, 1.82) is 0 Å². The summed E-state index contributed by atoms with van der Waals surface area (Å²) in [6.45, 7) is 7.60. The Morgan fingerprint density at radius 2 is 1.08 bits per heavy atom. The molecule has 130 valence electrons. The van der Waals surface area contributed by atoms with E-state index in [1.165, 1.54) is 0 Å². The average molecular weight is 365 g/mol. The molecule has 0 amide bonds. The number of hydrogen-bond acceptors (Lipinski definition) is 3. The summed E-state index contributed by atoms with van der Waals surface area (Å²) in [4.78, 5) is 1.18. The van der Waals surface area contributed by atoms with E-state index in [4.69, 9.17) is 0 Å². The molecule has 0 aliphatic rings. The van der Waals surface area contributed by atoms with Crippen molar-refractivity contribution in [3.8, 4) is 0 Å². The zero-order valence-electron chi connectivity index (χ0n) is 14.4. The first-order valence-corrected chi connectivity index (χ1v) is 10.4. The quantitative estimate of drug-likeness (QED) is 0.853. The van der Waals surface area contributed by atoms with E-state index in [1.54, 1.807) is 24.3 Å². The van der Waals surface area contributed by atoms with Gasteiger partial charge in [-0.15, -0.1) is 0 Å². The SMILES string of the molecule is Cc1ccc(S(=O)C([C@H](O)C(C)C)S(=O)c2ccc(C)cc2)cc1. The smallest absolute Gasteiger partial charge is 0.145 e.